The van der Waals surface area contributed by atoms with Gasteiger partial charge in [0.05, 0.1) is 5.52 Å². The molecule has 0 atom stereocenters. The van der Waals surface area contributed by atoms with Crippen LogP contribution < -0.4 is 5.73 Å². The Kier molecular flexibility index (Phi) is 2.40. The van der Waals surface area contributed by atoms with Crippen LogP contribution in [0.2, 0.25) is 5.02 Å². The zero-order valence-electron chi connectivity index (χ0n) is 7.92. The van der Waals surface area contributed by atoms with E-state index < -0.39 is 0 Å². The van der Waals surface area contributed by atoms with Crippen LogP contribution in [0.4, 0.5) is 0 Å². The van der Waals surface area contributed by atoms with Gasteiger partial charge in [-0.15, -0.1) is 0 Å². The highest BCUT2D eigenvalue weighted by Crippen LogP contribution is 2.25. The fraction of sp³-hybridized carbons (Fsp3) is 0.182. The van der Waals surface area contributed by atoms with Crippen LogP contribution in [0.5, 0.6) is 0 Å². The van der Waals surface area contributed by atoms with Gasteiger partial charge in [-0.1, -0.05) is 17.7 Å². The molecule has 1 aromatic carbocycles. The summed E-state index contributed by atoms with van der Waals surface area (Å²) in [6, 6.07) is 5.86. The Morgan fingerprint density at radius 2 is 2.21 bits per heavy atom. The molecular weight excluding hydrogens is 196 g/mol. The van der Waals surface area contributed by atoms with E-state index in [0.29, 0.717) is 6.54 Å². The number of nitrogens with zero attached hydrogens (tertiary/aromatic N) is 1. The monoisotopic (exact) mass is 206 g/mol. The van der Waals surface area contributed by atoms with Crippen LogP contribution >= 0.6 is 11.6 Å². The molecule has 0 radical (unpaired) electrons. The van der Waals surface area contributed by atoms with Crippen molar-refractivity contribution in [2.24, 2.45) is 5.73 Å². The van der Waals surface area contributed by atoms with Crippen LogP contribution in [-0.4, -0.2) is 4.98 Å². The van der Waals surface area contributed by atoms with E-state index in [1.54, 1.807) is 6.20 Å². The third kappa shape index (κ3) is 1.47. The maximum Gasteiger partial charge on any atom is 0.0746 e. The minimum Gasteiger partial charge on any atom is -0.326 e. The first-order chi connectivity index (χ1) is 6.72. The second-order valence-corrected chi connectivity index (χ2v) is 3.72. The minimum atomic E-state index is 0.493. The minimum absolute atomic E-state index is 0.493. The molecule has 3 heteroatoms. The quantitative estimate of drug-likeness (QED) is 0.779. The van der Waals surface area contributed by atoms with Crippen molar-refractivity contribution in [2.75, 3.05) is 0 Å². The number of rotatable bonds is 1. The van der Waals surface area contributed by atoms with Crippen LogP contribution in [0.25, 0.3) is 10.9 Å². The molecule has 2 N–H and O–H groups in total. The third-order valence-corrected chi connectivity index (χ3v) is 2.62. The van der Waals surface area contributed by atoms with E-state index in [9.17, 15) is 0 Å². The summed E-state index contributed by atoms with van der Waals surface area (Å²) < 4.78 is 0. The molecule has 72 valence electrons. The van der Waals surface area contributed by atoms with Gasteiger partial charge in [0.25, 0.3) is 0 Å². The molecule has 2 aromatic rings. The molecule has 1 aromatic heterocycles. The van der Waals surface area contributed by atoms with Gasteiger partial charge < -0.3 is 5.73 Å². The molecule has 0 aliphatic carbocycles. The maximum absolute atomic E-state index is 6.08. The number of aryl methyl sites for hydroxylation is 1. The van der Waals surface area contributed by atoms with E-state index >= 15 is 0 Å². The Morgan fingerprint density at radius 1 is 1.43 bits per heavy atom. The fourth-order valence-electron chi connectivity index (χ4n) is 1.48. The lowest BCUT2D eigenvalue weighted by molar-refractivity contribution is 1.06. The third-order valence-electron chi connectivity index (χ3n) is 2.29. The lowest BCUT2D eigenvalue weighted by Gasteiger charge is -2.04. The van der Waals surface area contributed by atoms with Crippen molar-refractivity contribution in [3.8, 4) is 0 Å². The second kappa shape index (κ2) is 3.56. The molecule has 0 saturated heterocycles. The van der Waals surface area contributed by atoms with E-state index in [1.165, 1.54) is 0 Å². The largest absolute Gasteiger partial charge is 0.326 e. The number of fused-ring (bicyclic) bond motifs is 1. The molecule has 0 aliphatic heterocycles. The SMILES string of the molecule is Cc1ccc(Cl)c2cc(CN)cnc12. The molecule has 0 spiro atoms. The Morgan fingerprint density at radius 3 is 2.93 bits per heavy atom. The van der Waals surface area contributed by atoms with Gasteiger partial charge in [-0.2, -0.15) is 0 Å². The number of halogens is 1. The predicted molar refractivity (Wildman–Crippen MR) is 59.4 cm³/mol. The fourth-order valence-corrected chi connectivity index (χ4v) is 1.69. The number of nitrogens with two attached hydrogens (primary N) is 1. The summed E-state index contributed by atoms with van der Waals surface area (Å²) >= 11 is 6.08. The van der Waals surface area contributed by atoms with Crippen molar-refractivity contribution in [3.63, 3.8) is 0 Å². The van der Waals surface area contributed by atoms with Crippen molar-refractivity contribution < 1.29 is 0 Å². The first kappa shape index (κ1) is 9.44. The van der Waals surface area contributed by atoms with Gasteiger partial charge >= 0.3 is 0 Å². The van der Waals surface area contributed by atoms with Crippen molar-refractivity contribution in [3.05, 3.63) is 40.5 Å². The van der Waals surface area contributed by atoms with E-state index in [1.807, 2.05) is 25.1 Å². The molecule has 0 fully saturated rings. The summed E-state index contributed by atoms with van der Waals surface area (Å²) in [4.78, 5) is 4.35. The molecule has 0 bridgehead atoms. The van der Waals surface area contributed by atoms with Crippen molar-refractivity contribution in [1.29, 1.82) is 0 Å². The van der Waals surface area contributed by atoms with Gasteiger partial charge in [-0.05, 0) is 30.2 Å². The molecule has 2 rings (SSSR count). The molecule has 2 nitrogen and oxygen atoms in total. The summed E-state index contributed by atoms with van der Waals surface area (Å²) in [5, 5.41) is 1.71. The summed E-state index contributed by atoms with van der Waals surface area (Å²) in [5.74, 6) is 0. The number of benzene rings is 1. The topological polar surface area (TPSA) is 38.9 Å². The first-order valence-corrected chi connectivity index (χ1v) is 4.84. The molecule has 0 aliphatic rings. The summed E-state index contributed by atoms with van der Waals surface area (Å²) in [6.45, 7) is 2.51. The van der Waals surface area contributed by atoms with Gasteiger partial charge in [-0.25, -0.2) is 0 Å². The predicted octanol–water partition coefficient (Wildman–Crippen LogP) is 2.66. The van der Waals surface area contributed by atoms with Gasteiger partial charge in [0.15, 0.2) is 0 Å². The number of hydrogen-bond donors (Lipinski definition) is 1. The number of aromatic nitrogens is 1. The lowest BCUT2D eigenvalue weighted by Crippen LogP contribution is -1.97. The van der Waals surface area contributed by atoms with Crippen LogP contribution in [0.15, 0.2) is 24.4 Å². The highest BCUT2D eigenvalue weighted by atomic mass is 35.5. The summed E-state index contributed by atoms with van der Waals surface area (Å²) in [6.07, 6.45) is 1.80. The Hall–Kier alpha value is -1.12. The molecule has 0 saturated carbocycles. The zero-order valence-corrected chi connectivity index (χ0v) is 8.67. The van der Waals surface area contributed by atoms with Crippen LogP contribution in [0, 0.1) is 6.92 Å². The van der Waals surface area contributed by atoms with Gasteiger partial charge in [0.1, 0.15) is 0 Å². The van der Waals surface area contributed by atoms with E-state index in [2.05, 4.69) is 4.98 Å². The van der Waals surface area contributed by atoms with Crippen LogP contribution in [0.1, 0.15) is 11.1 Å². The summed E-state index contributed by atoms with van der Waals surface area (Å²) in [5.41, 5.74) is 8.64. The molecule has 1 heterocycles. The molecule has 0 amide bonds. The van der Waals surface area contributed by atoms with E-state index in [0.717, 1.165) is 27.1 Å². The van der Waals surface area contributed by atoms with E-state index in [-0.39, 0.29) is 0 Å². The second-order valence-electron chi connectivity index (χ2n) is 3.31. The van der Waals surface area contributed by atoms with Gasteiger partial charge in [-0.3, -0.25) is 4.98 Å². The van der Waals surface area contributed by atoms with Crippen LogP contribution in [-0.2, 0) is 6.54 Å². The standard InChI is InChI=1S/C11H11ClN2/c1-7-2-3-10(12)9-4-8(5-13)6-14-11(7)9/h2-4,6H,5,13H2,1H3. The van der Waals surface area contributed by atoms with Crippen LogP contribution in [0.3, 0.4) is 0 Å². The molecule has 0 unspecified atom stereocenters. The smallest absolute Gasteiger partial charge is 0.0746 e. The molecular formula is C11H11ClN2. The average Bonchev–Trinajstić information content (AvgIpc) is 2.23. The number of pyridine rings is 1. The highest BCUT2D eigenvalue weighted by Gasteiger charge is 2.03. The van der Waals surface area contributed by atoms with E-state index in [4.69, 9.17) is 17.3 Å². The van der Waals surface area contributed by atoms with Gasteiger partial charge in [0.2, 0.25) is 0 Å². The Balaban J connectivity index is 2.80. The highest BCUT2D eigenvalue weighted by molar-refractivity contribution is 6.35. The van der Waals surface area contributed by atoms with Gasteiger partial charge in [0, 0.05) is 23.2 Å². The Labute approximate surface area is 87.7 Å². The summed E-state index contributed by atoms with van der Waals surface area (Å²) in [7, 11) is 0. The van der Waals surface area contributed by atoms with Crippen molar-refractivity contribution in [2.45, 2.75) is 13.5 Å². The van der Waals surface area contributed by atoms with Crippen molar-refractivity contribution in [1.82, 2.24) is 4.98 Å². The Bertz CT molecular complexity index is 480. The maximum atomic E-state index is 6.08. The average molecular weight is 207 g/mol. The number of hydrogen-bond acceptors (Lipinski definition) is 2. The van der Waals surface area contributed by atoms with Crippen molar-refractivity contribution >= 4 is 22.5 Å². The normalized spacial score (nSPS) is 10.8. The zero-order chi connectivity index (χ0) is 10.1. The lowest BCUT2D eigenvalue weighted by atomic mass is 10.1. The molecule has 14 heavy (non-hydrogen) atoms. The first-order valence-electron chi connectivity index (χ1n) is 4.46.